The number of pyridine rings is 1. The fraction of sp³-hybridized carbons (Fsp3) is 0.222. The second-order valence-electron chi connectivity index (χ2n) is 18.6. The van der Waals surface area contributed by atoms with E-state index in [1.165, 1.54) is 5.56 Å². The number of hydrogen-bond acceptors (Lipinski definition) is 3. The van der Waals surface area contributed by atoms with Crippen molar-refractivity contribution in [1.82, 2.24) is 14.5 Å². The van der Waals surface area contributed by atoms with Crippen LogP contribution in [0.15, 0.2) is 152 Å². The predicted octanol–water partition coefficient (Wildman–Crippen LogP) is 14.4. The van der Waals surface area contributed by atoms with Gasteiger partial charge < -0.3 is 5.11 Å². The first-order chi connectivity index (χ1) is 27.6. The first-order valence-corrected chi connectivity index (χ1v) is 20.3. The van der Waals surface area contributed by atoms with Crippen LogP contribution in [0.5, 0.6) is 5.75 Å². The Morgan fingerprint density at radius 2 is 1.10 bits per heavy atom. The van der Waals surface area contributed by atoms with Crippen LogP contribution in [0.1, 0.15) is 79.0 Å². The molecule has 8 aromatic rings. The van der Waals surface area contributed by atoms with Crippen LogP contribution in [-0.4, -0.2) is 19.6 Å². The Hall–Kier alpha value is -6.26. The van der Waals surface area contributed by atoms with Gasteiger partial charge in [0.05, 0.1) is 28.0 Å². The fourth-order valence-corrected chi connectivity index (χ4v) is 7.85. The standard InChI is InChI=1S/C54H53N3O/c1-52(2,3)40-30-38(29-39(31-40)46-24-16-17-28-55-46)42-23-18-25-48-49(42)56-51(44-33-41(53(4,5)6)34-45(50(44)58)54(7,8)9)57(48)47-27-26-37(35-19-12-10-13-20-35)32-43(47)36-21-14-11-15-22-36/h10-34,58H,1-9H3. The number of phenolic OH excluding ortho intramolecular Hbond substituents is 1. The van der Waals surface area contributed by atoms with Crippen LogP contribution in [0, 0.1) is 0 Å². The van der Waals surface area contributed by atoms with E-state index in [-0.39, 0.29) is 22.0 Å². The average molecular weight is 760 g/mol. The molecule has 4 heteroatoms. The van der Waals surface area contributed by atoms with Crippen LogP contribution in [0.2, 0.25) is 0 Å². The number of aromatic hydroxyl groups is 1. The first-order valence-electron chi connectivity index (χ1n) is 20.3. The van der Waals surface area contributed by atoms with Gasteiger partial charge >= 0.3 is 0 Å². The molecule has 0 saturated heterocycles. The number of hydrogen-bond donors (Lipinski definition) is 1. The van der Waals surface area contributed by atoms with Crippen molar-refractivity contribution in [3.8, 4) is 67.5 Å². The summed E-state index contributed by atoms with van der Waals surface area (Å²) in [7, 11) is 0. The number of imidazole rings is 1. The highest BCUT2D eigenvalue weighted by atomic mass is 16.3. The maximum Gasteiger partial charge on any atom is 0.149 e. The molecule has 0 bridgehead atoms. The SMILES string of the molecule is CC(C)(C)c1cc(-c2ccccn2)cc(-c2cccc3c2nc(-c2cc(C(C)(C)C)cc(C(C)(C)C)c2O)n3-c2ccc(-c3ccccc3)cc2-c2ccccc2)c1. The molecular formula is C54H53N3O. The smallest absolute Gasteiger partial charge is 0.149 e. The minimum atomic E-state index is -0.316. The Balaban J connectivity index is 1.50. The van der Waals surface area contributed by atoms with Crippen molar-refractivity contribution in [2.24, 2.45) is 0 Å². The van der Waals surface area contributed by atoms with Gasteiger partial charge in [0.2, 0.25) is 0 Å². The van der Waals surface area contributed by atoms with E-state index in [9.17, 15) is 5.11 Å². The van der Waals surface area contributed by atoms with Crippen molar-refractivity contribution in [2.75, 3.05) is 0 Å². The summed E-state index contributed by atoms with van der Waals surface area (Å²) in [5.74, 6) is 0.950. The van der Waals surface area contributed by atoms with Gasteiger partial charge in [-0.25, -0.2) is 4.98 Å². The van der Waals surface area contributed by atoms with Crippen molar-refractivity contribution >= 4 is 11.0 Å². The van der Waals surface area contributed by atoms with E-state index >= 15 is 0 Å². The number of para-hydroxylation sites is 1. The maximum atomic E-state index is 12.5. The van der Waals surface area contributed by atoms with Gasteiger partial charge in [-0.3, -0.25) is 9.55 Å². The molecule has 290 valence electrons. The van der Waals surface area contributed by atoms with Gasteiger partial charge in [-0.05, 0) is 98.2 Å². The third-order valence-electron chi connectivity index (χ3n) is 11.2. The number of benzene rings is 6. The average Bonchev–Trinajstić information content (AvgIpc) is 3.60. The summed E-state index contributed by atoms with van der Waals surface area (Å²) in [6.45, 7) is 19.9. The molecule has 0 atom stereocenters. The molecular weight excluding hydrogens is 707 g/mol. The summed E-state index contributed by atoms with van der Waals surface area (Å²) in [5.41, 5.74) is 14.7. The van der Waals surface area contributed by atoms with Gasteiger partial charge in [0.15, 0.2) is 0 Å². The van der Waals surface area contributed by atoms with Gasteiger partial charge in [0, 0.05) is 28.5 Å². The Bertz CT molecular complexity index is 2760. The zero-order valence-electron chi connectivity index (χ0n) is 35.2. The lowest BCUT2D eigenvalue weighted by atomic mass is 9.79. The van der Waals surface area contributed by atoms with Crippen molar-refractivity contribution in [1.29, 1.82) is 0 Å². The molecule has 4 nitrogen and oxygen atoms in total. The predicted molar refractivity (Wildman–Crippen MR) is 244 cm³/mol. The molecule has 2 aromatic heterocycles. The van der Waals surface area contributed by atoms with Gasteiger partial charge in [-0.2, -0.15) is 0 Å². The van der Waals surface area contributed by atoms with Crippen LogP contribution < -0.4 is 0 Å². The normalized spacial score (nSPS) is 12.3. The fourth-order valence-electron chi connectivity index (χ4n) is 7.85. The maximum absolute atomic E-state index is 12.5. The van der Waals surface area contributed by atoms with Crippen LogP contribution in [0.4, 0.5) is 0 Å². The highest BCUT2D eigenvalue weighted by molar-refractivity contribution is 5.98. The lowest BCUT2D eigenvalue weighted by Crippen LogP contribution is -2.17. The van der Waals surface area contributed by atoms with E-state index < -0.39 is 0 Å². The number of rotatable bonds is 6. The molecule has 0 fully saturated rings. The highest BCUT2D eigenvalue weighted by Crippen LogP contribution is 2.46. The number of aromatic nitrogens is 3. The quantitative estimate of drug-likeness (QED) is 0.184. The second-order valence-corrected chi connectivity index (χ2v) is 18.6. The summed E-state index contributed by atoms with van der Waals surface area (Å²) in [6, 6.07) is 51.5. The van der Waals surface area contributed by atoms with Crippen molar-refractivity contribution in [3.63, 3.8) is 0 Å². The molecule has 0 aliphatic rings. The molecule has 0 unspecified atom stereocenters. The summed E-state index contributed by atoms with van der Waals surface area (Å²) in [5, 5.41) is 12.5. The molecule has 2 heterocycles. The highest BCUT2D eigenvalue weighted by Gasteiger charge is 2.29. The topological polar surface area (TPSA) is 50.9 Å². The lowest BCUT2D eigenvalue weighted by Gasteiger charge is -2.27. The summed E-state index contributed by atoms with van der Waals surface area (Å²) in [6.07, 6.45) is 1.85. The van der Waals surface area contributed by atoms with E-state index in [0.717, 1.165) is 72.5 Å². The van der Waals surface area contributed by atoms with E-state index in [1.54, 1.807) is 0 Å². The number of phenols is 1. The minimum Gasteiger partial charge on any atom is -0.507 e. The Morgan fingerprint density at radius 1 is 0.466 bits per heavy atom. The summed E-state index contributed by atoms with van der Waals surface area (Å²) >= 11 is 0. The van der Waals surface area contributed by atoms with Crippen LogP contribution in [0.25, 0.3) is 72.7 Å². The molecule has 0 aliphatic carbocycles. The molecule has 6 aromatic carbocycles. The van der Waals surface area contributed by atoms with Crippen LogP contribution >= 0.6 is 0 Å². The van der Waals surface area contributed by atoms with E-state index in [0.29, 0.717) is 11.4 Å². The molecule has 0 spiro atoms. The summed E-state index contributed by atoms with van der Waals surface area (Å²) < 4.78 is 2.27. The Kier molecular flexibility index (Phi) is 9.72. The van der Waals surface area contributed by atoms with Crippen LogP contribution in [0.3, 0.4) is 0 Å². The monoisotopic (exact) mass is 759 g/mol. The lowest BCUT2D eigenvalue weighted by molar-refractivity contribution is 0.446. The number of fused-ring (bicyclic) bond motifs is 1. The molecule has 0 amide bonds. The van der Waals surface area contributed by atoms with Crippen LogP contribution in [-0.2, 0) is 16.2 Å². The van der Waals surface area contributed by atoms with Gasteiger partial charge in [-0.15, -0.1) is 0 Å². The van der Waals surface area contributed by atoms with Crippen molar-refractivity contribution in [3.05, 3.63) is 168 Å². The molecule has 0 saturated carbocycles. The minimum absolute atomic E-state index is 0.106. The van der Waals surface area contributed by atoms with Crippen molar-refractivity contribution < 1.29 is 5.11 Å². The van der Waals surface area contributed by atoms with Crippen molar-refractivity contribution in [2.45, 2.75) is 78.6 Å². The summed E-state index contributed by atoms with van der Waals surface area (Å²) in [4.78, 5) is 10.4. The third kappa shape index (κ3) is 7.36. The number of nitrogens with zero attached hydrogens (tertiary/aromatic N) is 3. The molecule has 0 aliphatic heterocycles. The van der Waals surface area contributed by atoms with E-state index in [4.69, 9.17) is 9.97 Å². The van der Waals surface area contributed by atoms with E-state index in [1.807, 2.05) is 18.3 Å². The second kappa shape index (κ2) is 14.6. The molecule has 8 rings (SSSR count). The third-order valence-corrected chi connectivity index (χ3v) is 11.2. The van der Waals surface area contributed by atoms with E-state index in [2.05, 4.69) is 200 Å². The molecule has 58 heavy (non-hydrogen) atoms. The molecule has 1 N–H and O–H groups in total. The zero-order valence-corrected chi connectivity index (χ0v) is 35.2. The van der Waals surface area contributed by atoms with Gasteiger partial charge in [0.25, 0.3) is 0 Å². The molecule has 0 radical (unpaired) electrons. The van der Waals surface area contributed by atoms with Gasteiger partial charge in [-0.1, -0.05) is 159 Å². The Morgan fingerprint density at radius 3 is 1.74 bits per heavy atom. The zero-order chi connectivity index (χ0) is 41.0. The Labute approximate surface area is 343 Å². The largest absolute Gasteiger partial charge is 0.507 e. The first kappa shape index (κ1) is 38.6. The van der Waals surface area contributed by atoms with Gasteiger partial charge in [0.1, 0.15) is 11.6 Å².